The van der Waals surface area contributed by atoms with Crippen molar-refractivity contribution in [3.8, 4) is 5.69 Å². The lowest BCUT2D eigenvalue weighted by Crippen LogP contribution is -2.36. The Hall–Kier alpha value is -2.65. The lowest BCUT2D eigenvalue weighted by atomic mass is 10.3. The third-order valence-electron chi connectivity index (χ3n) is 3.58. The molecule has 3 aromatic rings. The first-order chi connectivity index (χ1) is 12.6. The number of benzene rings is 1. The molecule has 0 radical (unpaired) electrons. The van der Waals surface area contributed by atoms with E-state index in [0.29, 0.717) is 22.8 Å². The number of ether oxygens (including phenoxy) is 1. The molecule has 1 aromatic carbocycles. The molecule has 0 spiro atoms. The molecule has 2 aromatic heterocycles. The van der Waals surface area contributed by atoms with Gasteiger partial charge in [-0.2, -0.15) is 5.10 Å². The highest BCUT2D eigenvalue weighted by atomic mass is 32.2. The van der Waals surface area contributed by atoms with Gasteiger partial charge in [0.1, 0.15) is 5.39 Å². The molecule has 2 N–H and O–H groups in total. The van der Waals surface area contributed by atoms with Crippen LogP contribution in [0.4, 0.5) is 0 Å². The van der Waals surface area contributed by atoms with Crippen molar-refractivity contribution in [1.82, 2.24) is 25.1 Å². The predicted octanol–water partition coefficient (Wildman–Crippen LogP) is 1.35. The molecule has 0 bridgehead atoms. The second kappa shape index (κ2) is 8.15. The van der Waals surface area contributed by atoms with Crippen molar-refractivity contribution in [1.29, 1.82) is 0 Å². The van der Waals surface area contributed by atoms with E-state index in [1.165, 1.54) is 6.20 Å². The van der Waals surface area contributed by atoms with E-state index >= 15 is 0 Å². The van der Waals surface area contributed by atoms with Crippen LogP contribution in [-0.4, -0.2) is 51.2 Å². The zero-order chi connectivity index (χ0) is 18.5. The number of aromatic amines is 1. The van der Waals surface area contributed by atoms with Crippen LogP contribution in [0.3, 0.4) is 0 Å². The fraction of sp³-hybridized carbons (Fsp3) is 0.294. The molecule has 8 nitrogen and oxygen atoms in total. The van der Waals surface area contributed by atoms with Gasteiger partial charge in [-0.1, -0.05) is 30.0 Å². The maximum atomic E-state index is 12.3. The summed E-state index contributed by atoms with van der Waals surface area (Å²) in [6, 6.07) is 9.36. The number of nitrogens with one attached hydrogen (secondary N) is 2. The fourth-order valence-electron chi connectivity index (χ4n) is 2.47. The maximum Gasteiger partial charge on any atom is 0.262 e. The average molecular weight is 373 g/mol. The van der Waals surface area contributed by atoms with E-state index in [1.807, 2.05) is 37.3 Å². The summed E-state index contributed by atoms with van der Waals surface area (Å²) in [7, 11) is 1.58. The minimum atomic E-state index is -0.284. The van der Waals surface area contributed by atoms with Crippen LogP contribution in [0.5, 0.6) is 0 Å². The van der Waals surface area contributed by atoms with Gasteiger partial charge < -0.3 is 15.0 Å². The third kappa shape index (κ3) is 4.12. The van der Waals surface area contributed by atoms with Gasteiger partial charge >= 0.3 is 0 Å². The summed E-state index contributed by atoms with van der Waals surface area (Å²) < 4.78 is 6.59. The first kappa shape index (κ1) is 18.2. The normalized spacial score (nSPS) is 12.2. The number of hydrogen-bond donors (Lipinski definition) is 2. The van der Waals surface area contributed by atoms with Crippen molar-refractivity contribution in [2.45, 2.75) is 18.1 Å². The summed E-state index contributed by atoms with van der Waals surface area (Å²) in [5.74, 6) is -0.0130. The zero-order valence-corrected chi connectivity index (χ0v) is 15.2. The van der Waals surface area contributed by atoms with E-state index in [4.69, 9.17) is 4.74 Å². The summed E-state index contributed by atoms with van der Waals surface area (Å²) in [5.41, 5.74) is 0.978. The first-order valence-corrected chi connectivity index (χ1v) is 9.01. The van der Waals surface area contributed by atoms with Crippen molar-refractivity contribution < 1.29 is 9.53 Å². The Kier molecular flexibility index (Phi) is 5.69. The molecule has 0 aliphatic rings. The highest BCUT2D eigenvalue weighted by Gasteiger charge is 2.13. The van der Waals surface area contributed by atoms with Gasteiger partial charge in [-0.3, -0.25) is 9.59 Å². The monoisotopic (exact) mass is 373 g/mol. The molecule has 26 heavy (non-hydrogen) atoms. The van der Waals surface area contributed by atoms with Crippen molar-refractivity contribution >= 4 is 28.7 Å². The van der Waals surface area contributed by atoms with Crippen LogP contribution < -0.4 is 10.9 Å². The molecule has 0 saturated carbocycles. The highest BCUT2D eigenvalue weighted by Crippen LogP contribution is 2.17. The Labute approximate surface area is 154 Å². The van der Waals surface area contributed by atoms with Crippen LogP contribution in [0.2, 0.25) is 0 Å². The quantitative estimate of drug-likeness (QED) is 0.479. The third-order valence-corrected chi connectivity index (χ3v) is 4.45. The Balaban J connectivity index is 1.80. The number of methoxy groups -OCH3 is 1. The Morgan fingerprint density at radius 3 is 2.88 bits per heavy atom. The molecule has 1 unspecified atom stereocenters. The SMILES string of the molecule is COCC(C)NC(=O)CSc1nc2c(cnn2-c2ccccc2)c(=O)[nH]1. The van der Waals surface area contributed by atoms with Crippen molar-refractivity contribution in [2.75, 3.05) is 19.5 Å². The summed E-state index contributed by atoms with van der Waals surface area (Å²) in [5, 5.41) is 7.84. The van der Waals surface area contributed by atoms with Crippen LogP contribution in [0, 0.1) is 0 Å². The smallest absolute Gasteiger partial charge is 0.262 e. The average Bonchev–Trinajstić information content (AvgIpc) is 3.05. The second-order valence-corrected chi connectivity index (χ2v) is 6.68. The minimum Gasteiger partial charge on any atom is -0.383 e. The van der Waals surface area contributed by atoms with Crippen LogP contribution in [-0.2, 0) is 9.53 Å². The molecule has 1 atom stereocenters. The van der Waals surface area contributed by atoms with E-state index < -0.39 is 0 Å². The van der Waals surface area contributed by atoms with E-state index in [2.05, 4.69) is 20.4 Å². The van der Waals surface area contributed by atoms with Gasteiger partial charge in [0, 0.05) is 13.2 Å². The van der Waals surface area contributed by atoms with E-state index in [-0.39, 0.29) is 23.3 Å². The van der Waals surface area contributed by atoms with Crippen molar-refractivity contribution in [2.24, 2.45) is 0 Å². The Morgan fingerprint density at radius 1 is 1.38 bits per heavy atom. The molecule has 136 valence electrons. The van der Waals surface area contributed by atoms with Crippen LogP contribution in [0.25, 0.3) is 16.7 Å². The number of amides is 1. The number of nitrogens with zero attached hydrogens (tertiary/aromatic N) is 3. The topological polar surface area (TPSA) is 102 Å². The van der Waals surface area contributed by atoms with Crippen LogP contribution >= 0.6 is 11.8 Å². The lowest BCUT2D eigenvalue weighted by Gasteiger charge is -2.12. The van der Waals surface area contributed by atoms with Gasteiger partial charge in [-0.05, 0) is 19.1 Å². The van der Waals surface area contributed by atoms with Gasteiger partial charge in [0.25, 0.3) is 5.56 Å². The zero-order valence-electron chi connectivity index (χ0n) is 14.4. The molecular weight excluding hydrogens is 354 g/mol. The Morgan fingerprint density at radius 2 is 2.15 bits per heavy atom. The fourth-order valence-corrected chi connectivity index (χ4v) is 3.13. The standard InChI is InChI=1S/C17H19N5O3S/c1-11(9-25-2)19-14(23)10-26-17-20-15-13(16(24)21-17)8-18-22(15)12-6-4-3-5-7-12/h3-8,11H,9-10H2,1-2H3,(H,19,23)(H,20,21,24). The van der Waals surface area contributed by atoms with Gasteiger partial charge in [0.2, 0.25) is 5.91 Å². The molecule has 0 aliphatic heterocycles. The van der Waals surface area contributed by atoms with Crippen molar-refractivity contribution in [3.63, 3.8) is 0 Å². The Bertz CT molecular complexity index is 954. The van der Waals surface area contributed by atoms with Gasteiger partial charge in [-0.15, -0.1) is 0 Å². The molecule has 1 amide bonds. The minimum absolute atomic E-state index is 0.0814. The molecule has 0 saturated heterocycles. The van der Waals surface area contributed by atoms with Crippen molar-refractivity contribution in [3.05, 3.63) is 46.9 Å². The van der Waals surface area contributed by atoms with E-state index in [1.54, 1.807) is 11.8 Å². The lowest BCUT2D eigenvalue weighted by molar-refractivity contribution is -0.119. The van der Waals surface area contributed by atoms with Gasteiger partial charge in [0.05, 0.1) is 24.2 Å². The number of carbonyl (C=O) groups is 1. The largest absolute Gasteiger partial charge is 0.383 e. The van der Waals surface area contributed by atoms with E-state index in [9.17, 15) is 9.59 Å². The molecule has 0 fully saturated rings. The maximum absolute atomic E-state index is 12.3. The summed E-state index contributed by atoms with van der Waals surface area (Å²) in [6.45, 7) is 2.30. The molecule has 2 heterocycles. The van der Waals surface area contributed by atoms with Crippen LogP contribution in [0.1, 0.15) is 6.92 Å². The highest BCUT2D eigenvalue weighted by molar-refractivity contribution is 7.99. The van der Waals surface area contributed by atoms with E-state index in [0.717, 1.165) is 17.4 Å². The second-order valence-electron chi connectivity index (χ2n) is 5.71. The number of para-hydroxylation sites is 1. The summed E-state index contributed by atoms with van der Waals surface area (Å²) in [6.07, 6.45) is 1.49. The number of H-pyrrole nitrogens is 1. The molecule has 9 heteroatoms. The van der Waals surface area contributed by atoms with Crippen LogP contribution in [0.15, 0.2) is 46.5 Å². The summed E-state index contributed by atoms with van der Waals surface area (Å²) >= 11 is 1.16. The number of aromatic nitrogens is 4. The molecule has 0 aliphatic carbocycles. The molecular formula is C17H19N5O3S. The molecule has 3 rings (SSSR count). The number of fused-ring (bicyclic) bond motifs is 1. The number of thioether (sulfide) groups is 1. The summed E-state index contributed by atoms with van der Waals surface area (Å²) in [4.78, 5) is 31.4. The predicted molar refractivity (Wildman–Crippen MR) is 99.7 cm³/mol. The van der Waals surface area contributed by atoms with Gasteiger partial charge in [-0.25, -0.2) is 9.67 Å². The number of rotatable bonds is 7. The number of hydrogen-bond acceptors (Lipinski definition) is 6. The first-order valence-electron chi connectivity index (χ1n) is 8.03. The number of carbonyl (C=O) groups excluding carboxylic acids is 1. The van der Waals surface area contributed by atoms with Gasteiger partial charge in [0.15, 0.2) is 10.8 Å².